The molecule has 2 aromatic heterocycles. The molecule has 4 heterocycles. The SMILES string of the molecule is O=C1NC(=O)/C(=C/c2ccnc(N3CCC(CNCc4cccc(-c5cn[nH]c5)c4)CC3)n2)S1. The van der Waals surface area contributed by atoms with Crippen LogP contribution in [0, 0.1) is 5.92 Å². The van der Waals surface area contributed by atoms with Crippen molar-refractivity contribution in [3.05, 3.63) is 65.1 Å². The van der Waals surface area contributed by atoms with E-state index in [9.17, 15) is 9.59 Å². The van der Waals surface area contributed by atoms with Gasteiger partial charge in [0.2, 0.25) is 5.95 Å². The van der Waals surface area contributed by atoms with Crippen LogP contribution < -0.4 is 15.5 Å². The molecule has 174 valence electrons. The van der Waals surface area contributed by atoms with E-state index in [1.165, 1.54) is 5.56 Å². The van der Waals surface area contributed by atoms with Gasteiger partial charge in [-0.2, -0.15) is 5.10 Å². The van der Waals surface area contributed by atoms with Crippen LogP contribution in [0.25, 0.3) is 17.2 Å². The zero-order valence-electron chi connectivity index (χ0n) is 18.5. The molecule has 5 rings (SSSR count). The number of hydrogen-bond donors (Lipinski definition) is 3. The number of carbonyl (C=O) groups is 2. The number of piperidine rings is 1. The fourth-order valence-electron chi connectivity index (χ4n) is 4.18. The molecule has 10 heteroatoms. The molecule has 2 aliphatic heterocycles. The van der Waals surface area contributed by atoms with Crippen LogP contribution in [0.1, 0.15) is 24.1 Å². The molecule has 2 amide bonds. The summed E-state index contributed by atoms with van der Waals surface area (Å²) in [7, 11) is 0. The number of rotatable bonds is 7. The molecule has 0 spiro atoms. The molecule has 0 aliphatic carbocycles. The fraction of sp³-hybridized carbons (Fsp3) is 0.292. The normalized spacial score (nSPS) is 18.0. The summed E-state index contributed by atoms with van der Waals surface area (Å²) in [5, 5.41) is 12.4. The lowest BCUT2D eigenvalue weighted by Crippen LogP contribution is -2.38. The van der Waals surface area contributed by atoms with Crippen molar-refractivity contribution in [2.45, 2.75) is 19.4 Å². The number of anilines is 1. The van der Waals surface area contributed by atoms with Crippen LogP contribution in [0.5, 0.6) is 0 Å². The number of thioether (sulfide) groups is 1. The van der Waals surface area contributed by atoms with E-state index < -0.39 is 0 Å². The van der Waals surface area contributed by atoms with Crippen LogP contribution >= 0.6 is 11.8 Å². The van der Waals surface area contributed by atoms with Crippen molar-refractivity contribution in [3.63, 3.8) is 0 Å². The van der Waals surface area contributed by atoms with Gasteiger partial charge in [0, 0.05) is 37.6 Å². The number of benzene rings is 1. The minimum Gasteiger partial charge on any atom is -0.341 e. The van der Waals surface area contributed by atoms with Crippen molar-refractivity contribution in [2.75, 3.05) is 24.5 Å². The first-order chi connectivity index (χ1) is 16.6. The molecular formula is C24H25N7O2S. The van der Waals surface area contributed by atoms with Crippen molar-refractivity contribution < 1.29 is 9.59 Å². The average Bonchev–Trinajstić information content (AvgIpc) is 3.50. The van der Waals surface area contributed by atoms with Gasteiger partial charge in [-0.3, -0.25) is 20.0 Å². The van der Waals surface area contributed by atoms with Gasteiger partial charge in [0.05, 0.1) is 16.8 Å². The summed E-state index contributed by atoms with van der Waals surface area (Å²) >= 11 is 0.892. The fourth-order valence-corrected chi connectivity index (χ4v) is 4.84. The van der Waals surface area contributed by atoms with E-state index >= 15 is 0 Å². The number of nitrogens with one attached hydrogen (secondary N) is 3. The minimum atomic E-state index is -0.378. The zero-order valence-corrected chi connectivity index (χ0v) is 19.3. The summed E-state index contributed by atoms with van der Waals surface area (Å²) < 4.78 is 0. The topological polar surface area (TPSA) is 116 Å². The van der Waals surface area contributed by atoms with E-state index in [-0.39, 0.29) is 11.1 Å². The van der Waals surface area contributed by atoms with Crippen LogP contribution in [0.3, 0.4) is 0 Å². The maximum atomic E-state index is 11.8. The molecule has 9 nitrogen and oxygen atoms in total. The summed E-state index contributed by atoms with van der Waals surface area (Å²) in [4.78, 5) is 34.7. The second kappa shape index (κ2) is 10.2. The monoisotopic (exact) mass is 475 g/mol. The summed E-state index contributed by atoms with van der Waals surface area (Å²) in [6, 6.07) is 10.3. The second-order valence-corrected chi connectivity index (χ2v) is 9.40. The van der Waals surface area contributed by atoms with Crippen molar-refractivity contribution in [3.8, 4) is 11.1 Å². The van der Waals surface area contributed by atoms with Gasteiger partial charge in [-0.05, 0) is 66.4 Å². The molecule has 1 aromatic carbocycles. The Morgan fingerprint density at radius 3 is 2.82 bits per heavy atom. The number of nitrogens with zero attached hydrogens (tertiary/aromatic N) is 4. The summed E-state index contributed by atoms with van der Waals surface area (Å²) in [5.74, 6) is 0.881. The first-order valence-electron chi connectivity index (χ1n) is 11.3. The van der Waals surface area contributed by atoms with Crippen molar-refractivity contribution >= 4 is 34.9 Å². The molecular weight excluding hydrogens is 450 g/mol. The van der Waals surface area contributed by atoms with Gasteiger partial charge in [0.15, 0.2) is 0 Å². The Morgan fingerprint density at radius 1 is 1.18 bits per heavy atom. The zero-order chi connectivity index (χ0) is 23.3. The van der Waals surface area contributed by atoms with Crippen LogP contribution in [0.4, 0.5) is 10.7 Å². The largest absolute Gasteiger partial charge is 0.341 e. The minimum absolute atomic E-state index is 0.355. The highest BCUT2D eigenvalue weighted by atomic mass is 32.2. The molecule has 0 radical (unpaired) electrons. The highest BCUT2D eigenvalue weighted by molar-refractivity contribution is 8.18. The van der Waals surface area contributed by atoms with E-state index in [0.29, 0.717) is 22.5 Å². The third-order valence-electron chi connectivity index (χ3n) is 6.00. The molecule has 2 fully saturated rings. The Labute approximate surface area is 201 Å². The number of imide groups is 1. The molecule has 0 saturated carbocycles. The lowest BCUT2D eigenvalue weighted by Gasteiger charge is -2.32. The van der Waals surface area contributed by atoms with E-state index in [1.807, 2.05) is 12.4 Å². The quantitative estimate of drug-likeness (QED) is 0.446. The summed E-state index contributed by atoms with van der Waals surface area (Å²) in [6.07, 6.45) is 9.19. The lowest BCUT2D eigenvalue weighted by molar-refractivity contribution is -0.115. The number of aromatic nitrogens is 4. The van der Waals surface area contributed by atoms with Crippen LogP contribution in [0.2, 0.25) is 0 Å². The molecule has 2 aliphatic rings. The highest BCUT2D eigenvalue weighted by Crippen LogP contribution is 2.26. The second-order valence-electron chi connectivity index (χ2n) is 8.38. The Balaban J connectivity index is 1.11. The molecule has 34 heavy (non-hydrogen) atoms. The molecule has 2 saturated heterocycles. The Morgan fingerprint density at radius 2 is 2.06 bits per heavy atom. The molecule has 0 atom stereocenters. The smallest absolute Gasteiger partial charge is 0.290 e. The van der Waals surface area contributed by atoms with Gasteiger partial charge in [0.25, 0.3) is 11.1 Å². The summed E-state index contributed by atoms with van der Waals surface area (Å²) in [6.45, 7) is 3.57. The third-order valence-corrected chi connectivity index (χ3v) is 6.81. The van der Waals surface area contributed by atoms with E-state index in [1.54, 1.807) is 18.3 Å². The number of aromatic amines is 1. The van der Waals surface area contributed by atoms with Gasteiger partial charge in [-0.25, -0.2) is 9.97 Å². The van der Waals surface area contributed by atoms with Crippen molar-refractivity contribution in [2.24, 2.45) is 5.92 Å². The van der Waals surface area contributed by atoms with Crippen LogP contribution in [-0.2, 0) is 11.3 Å². The number of H-pyrrole nitrogens is 1. The van der Waals surface area contributed by atoms with Gasteiger partial charge in [-0.15, -0.1) is 0 Å². The molecule has 3 N–H and O–H groups in total. The number of hydrogen-bond acceptors (Lipinski definition) is 8. The Kier molecular flexibility index (Phi) is 6.68. The number of amides is 2. The van der Waals surface area contributed by atoms with E-state index in [0.717, 1.165) is 61.9 Å². The maximum absolute atomic E-state index is 11.8. The van der Waals surface area contributed by atoms with Gasteiger partial charge < -0.3 is 10.2 Å². The summed E-state index contributed by atoms with van der Waals surface area (Å²) in [5.41, 5.74) is 4.14. The first-order valence-corrected chi connectivity index (χ1v) is 12.1. The molecule has 0 bridgehead atoms. The predicted molar refractivity (Wildman–Crippen MR) is 132 cm³/mol. The van der Waals surface area contributed by atoms with Crippen molar-refractivity contribution in [1.29, 1.82) is 0 Å². The predicted octanol–water partition coefficient (Wildman–Crippen LogP) is 3.20. The molecule has 0 unspecified atom stereocenters. The van der Waals surface area contributed by atoms with E-state index in [2.05, 4.69) is 60.0 Å². The third kappa shape index (κ3) is 5.35. The van der Waals surface area contributed by atoms with Crippen LogP contribution in [0.15, 0.2) is 53.8 Å². The first kappa shape index (κ1) is 22.3. The Bertz CT molecular complexity index is 1200. The number of carbonyl (C=O) groups excluding carboxylic acids is 2. The van der Waals surface area contributed by atoms with E-state index in [4.69, 9.17) is 0 Å². The Hall–Kier alpha value is -3.50. The van der Waals surface area contributed by atoms with Crippen molar-refractivity contribution in [1.82, 2.24) is 30.8 Å². The lowest BCUT2D eigenvalue weighted by atomic mass is 9.97. The average molecular weight is 476 g/mol. The van der Waals surface area contributed by atoms with Gasteiger partial charge in [-0.1, -0.05) is 18.2 Å². The molecule has 3 aromatic rings. The highest BCUT2D eigenvalue weighted by Gasteiger charge is 2.25. The standard InChI is InChI=1S/C24H25N7O2S/c32-22-21(34-24(33)30-22)11-20-4-7-26-23(29-20)31-8-5-16(6-9-31)12-25-13-17-2-1-3-18(10-17)19-14-27-28-15-19/h1-4,7,10-11,14-16,25H,5-6,8-9,12-13H2,(H,27,28)(H,30,32,33)/b21-11-. The van der Waals surface area contributed by atoms with Gasteiger partial charge >= 0.3 is 0 Å². The van der Waals surface area contributed by atoms with Crippen LogP contribution in [-0.4, -0.2) is 50.9 Å². The van der Waals surface area contributed by atoms with Gasteiger partial charge in [0.1, 0.15) is 0 Å². The maximum Gasteiger partial charge on any atom is 0.290 e.